The Balaban J connectivity index is 2.60. The van der Waals surface area contributed by atoms with E-state index < -0.39 is 0 Å². The molecule has 1 aromatic heterocycles. The number of ether oxygens (including phenoxy) is 1. The van der Waals surface area contributed by atoms with Crippen LogP contribution >= 0.6 is 0 Å². The summed E-state index contributed by atoms with van der Waals surface area (Å²) in [5.41, 5.74) is 2.59. The van der Waals surface area contributed by atoms with Crippen LogP contribution in [0.25, 0.3) is 10.9 Å². The Morgan fingerprint density at radius 3 is 3.06 bits per heavy atom. The van der Waals surface area contributed by atoms with E-state index in [-0.39, 0.29) is 0 Å². The molecule has 92 valence electrons. The molecular weight excluding hydrogens is 228 g/mol. The number of hydrogen-bond donors (Lipinski definition) is 1. The van der Waals surface area contributed by atoms with Crippen LogP contribution in [-0.2, 0) is 0 Å². The topological polar surface area (TPSA) is 54.7 Å². The average Bonchev–Trinajstić information content (AvgIpc) is 2.37. The first-order chi connectivity index (χ1) is 8.76. The molecule has 0 fully saturated rings. The molecule has 0 spiro atoms. The molecule has 18 heavy (non-hydrogen) atoms. The number of fused-ring (bicyclic) bond motifs is 1. The van der Waals surface area contributed by atoms with E-state index in [0.29, 0.717) is 18.1 Å². The van der Waals surface area contributed by atoms with Crippen LogP contribution in [0.2, 0.25) is 0 Å². The van der Waals surface area contributed by atoms with Gasteiger partial charge in [0.15, 0.2) is 0 Å². The number of aromatic nitrogens is 1. The maximum absolute atomic E-state index is 8.66. The van der Waals surface area contributed by atoms with Gasteiger partial charge in [-0.3, -0.25) is 0 Å². The van der Waals surface area contributed by atoms with Gasteiger partial charge in [0.05, 0.1) is 17.3 Å². The molecule has 1 N–H and O–H groups in total. The number of nitrogens with zero attached hydrogens (tertiary/aromatic N) is 2. The number of rotatable bonds is 4. The van der Waals surface area contributed by atoms with Crippen LogP contribution in [0.15, 0.2) is 42.1 Å². The molecule has 2 rings (SSSR count). The fourth-order valence-corrected chi connectivity index (χ4v) is 1.75. The van der Waals surface area contributed by atoms with Crippen molar-refractivity contribution < 1.29 is 9.94 Å². The number of hydrogen-bond acceptors (Lipinski definition) is 4. The minimum Gasteiger partial charge on any atom is -0.473 e. The van der Waals surface area contributed by atoms with Crippen molar-refractivity contribution in [2.75, 3.05) is 6.61 Å². The highest BCUT2D eigenvalue weighted by molar-refractivity contribution is 5.91. The number of oxime groups is 1. The van der Waals surface area contributed by atoms with E-state index in [2.05, 4.69) is 16.7 Å². The molecule has 1 heterocycles. The molecule has 1 aromatic carbocycles. The van der Waals surface area contributed by atoms with Crippen molar-refractivity contribution in [2.45, 2.75) is 6.92 Å². The standard InChI is InChI=1S/C14H14N2O2/c1-3-7-18-14-12(9-15-17)8-11-6-4-5-10(2)13(11)16-14/h3-6,8-9,17H,1,7H2,2H3/b15-9-. The van der Waals surface area contributed by atoms with Gasteiger partial charge < -0.3 is 9.94 Å². The lowest BCUT2D eigenvalue weighted by Crippen LogP contribution is -2.01. The predicted molar refractivity (Wildman–Crippen MR) is 71.6 cm³/mol. The van der Waals surface area contributed by atoms with Crippen LogP contribution < -0.4 is 4.74 Å². The minimum absolute atomic E-state index is 0.358. The van der Waals surface area contributed by atoms with Gasteiger partial charge in [-0.1, -0.05) is 36.0 Å². The molecule has 0 saturated heterocycles. The molecule has 0 radical (unpaired) electrons. The SMILES string of the molecule is C=CCOc1nc2c(C)cccc2cc1/C=N\O. The Morgan fingerprint density at radius 1 is 1.50 bits per heavy atom. The first-order valence-corrected chi connectivity index (χ1v) is 5.57. The zero-order chi connectivity index (χ0) is 13.0. The molecule has 0 atom stereocenters. The van der Waals surface area contributed by atoms with Gasteiger partial charge in [-0.15, -0.1) is 0 Å². The van der Waals surface area contributed by atoms with Crippen LogP contribution in [-0.4, -0.2) is 23.0 Å². The zero-order valence-corrected chi connectivity index (χ0v) is 10.1. The van der Waals surface area contributed by atoms with Crippen molar-refractivity contribution in [3.05, 3.63) is 48.0 Å². The van der Waals surface area contributed by atoms with Gasteiger partial charge in [0.25, 0.3) is 0 Å². The van der Waals surface area contributed by atoms with Crippen molar-refractivity contribution in [2.24, 2.45) is 5.16 Å². The van der Waals surface area contributed by atoms with Crippen LogP contribution in [0.3, 0.4) is 0 Å². The van der Waals surface area contributed by atoms with E-state index in [1.165, 1.54) is 6.21 Å². The Morgan fingerprint density at radius 2 is 2.33 bits per heavy atom. The second-order valence-electron chi connectivity index (χ2n) is 3.87. The summed E-state index contributed by atoms with van der Waals surface area (Å²) in [4.78, 5) is 4.46. The third-order valence-corrected chi connectivity index (χ3v) is 2.57. The van der Waals surface area contributed by atoms with Gasteiger partial charge >= 0.3 is 0 Å². The molecule has 2 aromatic rings. The smallest absolute Gasteiger partial charge is 0.223 e. The molecular formula is C14H14N2O2. The summed E-state index contributed by atoms with van der Waals surface area (Å²) in [5, 5.41) is 12.7. The van der Waals surface area contributed by atoms with Crippen molar-refractivity contribution in [1.29, 1.82) is 0 Å². The van der Waals surface area contributed by atoms with Crippen molar-refractivity contribution in [3.8, 4) is 5.88 Å². The van der Waals surface area contributed by atoms with Crippen molar-refractivity contribution in [3.63, 3.8) is 0 Å². The van der Waals surface area contributed by atoms with E-state index in [9.17, 15) is 0 Å². The molecule has 0 aliphatic heterocycles. The minimum atomic E-state index is 0.358. The van der Waals surface area contributed by atoms with Crippen molar-refractivity contribution in [1.82, 2.24) is 4.98 Å². The van der Waals surface area contributed by atoms with E-state index in [4.69, 9.17) is 9.94 Å². The average molecular weight is 242 g/mol. The van der Waals surface area contributed by atoms with Gasteiger partial charge in [-0.2, -0.15) is 0 Å². The molecule has 0 aliphatic rings. The van der Waals surface area contributed by atoms with Gasteiger partial charge in [-0.25, -0.2) is 4.98 Å². The molecule has 0 amide bonds. The van der Waals surface area contributed by atoms with Gasteiger partial charge in [0, 0.05) is 5.39 Å². The Hall–Kier alpha value is -2.36. The van der Waals surface area contributed by atoms with Gasteiger partial charge in [0.2, 0.25) is 5.88 Å². The van der Waals surface area contributed by atoms with E-state index in [1.54, 1.807) is 6.08 Å². The Bertz CT molecular complexity index is 606. The first-order valence-electron chi connectivity index (χ1n) is 5.57. The van der Waals surface area contributed by atoms with Crippen molar-refractivity contribution >= 4 is 17.1 Å². The number of para-hydroxylation sites is 1. The summed E-state index contributed by atoms with van der Waals surface area (Å²) in [5.74, 6) is 0.439. The van der Waals surface area contributed by atoms with Crippen LogP contribution in [0, 0.1) is 6.92 Å². The molecule has 0 saturated carbocycles. The first kappa shape index (κ1) is 12.1. The van der Waals surface area contributed by atoms with E-state index in [0.717, 1.165) is 16.5 Å². The lowest BCUT2D eigenvalue weighted by atomic mass is 10.1. The highest BCUT2D eigenvalue weighted by Crippen LogP contribution is 2.23. The number of pyridine rings is 1. The highest BCUT2D eigenvalue weighted by Gasteiger charge is 2.08. The normalized spacial score (nSPS) is 10.9. The maximum Gasteiger partial charge on any atom is 0.223 e. The zero-order valence-electron chi connectivity index (χ0n) is 10.1. The fraction of sp³-hybridized carbons (Fsp3) is 0.143. The molecule has 0 aliphatic carbocycles. The largest absolute Gasteiger partial charge is 0.473 e. The summed E-state index contributed by atoms with van der Waals surface area (Å²) < 4.78 is 5.47. The number of aryl methyl sites for hydroxylation is 1. The second kappa shape index (κ2) is 5.31. The molecule has 0 unspecified atom stereocenters. The van der Waals surface area contributed by atoms with Gasteiger partial charge in [0.1, 0.15) is 6.61 Å². The fourth-order valence-electron chi connectivity index (χ4n) is 1.75. The summed E-state index contributed by atoms with van der Waals surface area (Å²) in [7, 11) is 0. The van der Waals surface area contributed by atoms with Crippen LogP contribution in [0.5, 0.6) is 5.88 Å². The summed E-state index contributed by atoms with van der Waals surface area (Å²) in [6.45, 7) is 5.95. The quantitative estimate of drug-likeness (QED) is 0.388. The lowest BCUT2D eigenvalue weighted by molar-refractivity contribution is 0.320. The predicted octanol–water partition coefficient (Wildman–Crippen LogP) is 2.92. The van der Waals surface area contributed by atoms with Crippen LogP contribution in [0.1, 0.15) is 11.1 Å². The molecule has 0 bridgehead atoms. The third kappa shape index (κ3) is 2.32. The lowest BCUT2D eigenvalue weighted by Gasteiger charge is -2.09. The molecule has 4 heteroatoms. The maximum atomic E-state index is 8.66. The van der Waals surface area contributed by atoms with E-state index in [1.807, 2.05) is 31.2 Å². The summed E-state index contributed by atoms with van der Waals surface area (Å²) >= 11 is 0. The number of benzene rings is 1. The Labute approximate surface area is 105 Å². The monoisotopic (exact) mass is 242 g/mol. The Kier molecular flexibility index (Phi) is 3.57. The third-order valence-electron chi connectivity index (χ3n) is 2.57. The second-order valence-corrected chi connectivity index (χ2v) is 3.87. The summed E-state index contributed by atoms with van der Waals surface area (Å²) in [6.07, 6.45) is 2.96. The van der Waals surface area contributed by atoms with Crippen LogP contribution in [0.4, 0.5) is 0 Å². The highest BCUT2D eigenvalue weighted by atomic mass is 16.5. The summed E-state index contributed by atoms with van der Waals surface area (Å²) in [6, 6.07) is 7.80. The van der Waals surface area contributed by atoms with Gasteiger partial charge in [-0.05, 0) is 18.6 Å². The molecule has 4 nitrogen and oxygen atoms in total. The van der Waals surface area contributed by atoms with E-state index >= 15 is 0 Å².